The molecule has 2 fully saturated rings. The Morgan fingerprint density at radius 1 is 0.828 bits per heavy atom. The van der Waals surface area contributed by atoms with E-state index in [4.69, 9.17) is 5.73 Å². The number of aryl methyl sites for hydroxylation is 1. The van der Waals surface area contributed by atoms with Crippen LogP contribution >= 0.6 is 0 Å². The number of piperazine rings is 2. The standard InChI is InChI=1S/C20H35N9/c1-3-25-8-10-27(11-9-25)6-5-7-29-16-22-17-18(23-20(21)24-19(17)29)28-14-12-26(4-2)13-15-28/h16H,3-15H2,1-2H3,(H2,21,23,24). The molecule has 29 heavy (non-hydrogen) atoms. The van der Waals surface area contributed by atoms with Crippen molar-refractivity contribution in [2.75, 3.05) is 82.6 Å². The maximum atomic E-state index is 6.07. The van der Waals surface area contributed by atoms with E-state index in [0.717, 1.165) is 75.8 Å². The van der Waals surface area contributed by atoms with E-state index in [0.29, 0.717) is 5.95 Å². The number of aromatic nitrogens is 4. The van der Waals surface area contributed by atoms with Crippen LogP contribution in [0.1, 0.15) is 20.3 Å². The molecule has 4 heterocycles. The highest BCUT2D eigenvalue weighted by Gasteiger charge is 2.22. The lowest BCUT2D eigenvalue weighted by atomic mass is 10.3. The van der Waals surface area contributed by atoms with Crippen molar-refractivity contribution >= 4 is 22.9 Å². The van der Waals surface area contributed by atoms with Gasteiger partial charge in [-0.05, 0) is 26.1 Å². The Morgan fingerprint density at radius 3 is 2.10 bits per heavy atom. The first-order chi connectivity index (χ1) is 14.2. The van der Waals surface area contributed by atoms with Gasteiger partial charge in [-0.1, -0.05) is 13.8 Å². The fraction of sp³-hybridized carbons (Fsp3) is 0.750. The third kappa shape index (κ3) is 4.62. The summed E-state index contributed by atoms with van der Waals surface area (Å²) < 4.78 is 2.14. The van der Waals surface area contributed by atoms with Crippen molar-refractivity contribution in [3.8, 4) is 0 Å². The van der Waals surface area contributed by atoms with E-state index >= 15 is 0 Å². The molecule has 160 valence electrons. The number of likely N-dealkylation sites (N-methyl/N-ethyl adjacent to an activating group) is 2. The van der Waals surface area contributed by atoms with Crippen molar-refractivity contribution in [2.24, 2.45) is 0 Å². The molecule has 0 spiro atoms. The summed E-state index contributed by atoms with van der Waals surface area (Å²) in [5, 5.41) is 0. The van der Waals surface area contributed by atoms with Crippen LogP contribution in [0.15, 0.2) is 6.33 Å². The maximum absolute atomic E-state index is 6.07. The summed E-state index contributed by atoms with van der Waals surface area (Å²) >= 11 is 0. The van der Waals surface area contributed by atoms with Gasteiger partial charge < -0.3 is 29.9 Å². The minimum Gasteiger partial charge on any atom is -0.368 e. The van der Waals surface area contributed by atoms with Crippen molar-refractivity contribution < 1.29 is 0 Å². The summed E-state index contributed by atoms with van der Waals surface area (Å²) in [5.41, 5.74) is 7.81. The van der Waals surface area contributed by atoms with E-state index in [2.05, 4.69) is 53.0 Å². The molecule has 0 saturated carbocycles. The highest BCUT2D eigenvalue weighted by atomic mass is 15.3. The first kappa shape index (κ1) is 20.3. The van der Waals surface area contributed by atoms with E-state index in [1.165, 1.54) is 26.2 Å². The number of nitrogens with two attached hydrogens (primary N) is 1. The Labute approximate surface area is 173 Å². The third-order valence-corrected chi connectivity index (χ3v) is 6.37. The van der Waals surface area contributed by atoms with Crippen molar-refractivity contribution in [1.82, 2.24) is 34.2 Å². The Kier molecular flexibility index (Phi) is 6.46. The molecule has 2 aromatic rings. The number of hydrogen-bond donors (Lipinski definition) is 1. The quantitative estimate of drug-likeness (QED) is 0.721. The molecule has 9 nitrogen and oxygen atoms in total. The summed E-state index contributed by atoms with van der Waals surface area (Å²) in [6, 6.07) is 0. The Morgan fingerprint density at radius 2 is 1.45 bits per heavy atom. The minimum atomic E-state index is 0.336. The lowest BCUT2D eigenvalue weighted by Crippen LogP contribution is -2.46. The van der Waals surface area contributed by atoms with E-state index in [1.807, 2.05) is 6.33 Å². The number of nitrogens with zero attached hydrogens (tertiary/aromatic N) is 8. The predicted octanol–water partition coefficient (Wildman–Crippen LogP) is 0.578. The zero-order valence-corrected chi connectivity index (χ0v) is 17.9. The van der Waals surface area contributed by atoms with Crippen LogP contribution in [0.5, 0.6) is 0 Å². The Balaban J connectivity index is 1.40. The average molecular weight is 402 g/mol. The second-order valence-electron chi connectivity index (χ2n) is 8.07. The molecule has 4 rings (SSSR count). The van der Waals surface area contributed by atoms with Gasteiger partial charge in [0.15, 0.2) is 17.0 Å². The van der Waals surface area contributed by atoms with Crippen molar-refractivity contribution in [3.63, 3.8) is 0 Å². The average Bonchev–Trinajstić information content (AvgIpc) is 3.16. The number of fused-ring (bicyclic) bond motifs is 1. The highest BCUT2D eigenvalue weighted by Crippen LogP contribution is 2.24. The molecule has 0 amide bonds. The smallest absolute Gasteiger partial charge is 0.224 e. The van der Waals surface area contributed by atoms with Gasteiger partial charge in [-0.2, -0.15) is 9.97 Å². The summed E-state index contributed by atoms with van der Waals surface area (Å²) in [6.45, 7) is 17.4. The van der Waals surface area contributed by atoms with Gasteiger partial charge >= 0.3 is 0 Å². The van der Waals surface area contributed by atoms with Gasteiger partial charge in [-0.3, -0.25) is 0 Å². The lowest BCUT2D eigenvalue weighted by molar-refractivity contribution is 0.135. The fourth-order valence-corrected chi connectivity index (χ4v) is 4.40. The molecule has 2 saturated heterocycles. The van der Waals surface area contributed by atoms with Gasteiger partial charge in [0.2, 0.25) is 5.95 Å². The van der Waals surface area contributed by atoms with Gasteiger partial charge in [0.05, 0.1) is 6.33 Å². The topological polar surface area (TPSA) is 82.6 Å². The summed E-state index contributed by atoms with van der Waals surface area (Å²) in [6.07, 6.45) is 2.99. The number of rotatable bonds is 7. The van der Waals surface area contributed by atoms with E-state index < -0.39 is 0 Å². The molecule has 0 radical (unpaired) electrons. The molecule has 2 aromatic heterocycles. The Hall–Kier alpha value is -1.97. The molecule has 0 bridgehead atoms. The molecule has 9 heteroatoms. The normalized spacial score (nSPS) is 20.0. The Bertz CT molecular complexity index is 789. The van der Waals surface area contributed by atoms with Crippen LogP contribution in [0, 0.1) is 0 Å². The number of anilines is 2. The molecule has 0 unspecified atom stereocenters. The molecule has 2 aliphatic heterocycles. The van der Waals surface area contributed by atoms with E-state index in [-0.39, 0.29) is 0 Å². The number of hydrogen-bond acceptors (Lipinski definition) is 8. The van der Waals surface area contributed by atoms with Crippen molar-refractivity contribution in [2.45, 2.75) is 26.8 Å². The molecule has 0 atom stereocenters. The van der Waals surface area contributed by atoms with Crippen LogP contribution in [0.3, 0.4) is 0 Å². The largest absolute Gasteiger partial charge is 0.368 e. The molecule has 2 aliphatic rings. The third-order valence-electron chi connectivity index (χ3n) is 6.37. The molecule has 0 aromatic carbocycles. The van der Waals surface area contributed by atoms with Crippen molar-refractivity contribution in [1.29, 1.82) is 0 Å². The number of imidazole rings is 1. The molecule has 2 N–H and O–H groups in total. The SMILES string of the molecule is CCN1CCN(CCCn2cnc3c(N4CCN(CC)CC4)nc(N)nc32)CC1. The fourth-order valence-electron chi connectivity index (χ4n) is 4.40. The van der Waals surface area contributed by atoms with Crippen LogP contribution < -0.4 is 10.6 Å². The predicted molar refractivity (Wildman–Crippen MR) is 117 cm³/mol. The first-order valence-corrected chi connectivity index (χ1v) is 11.1. The van der Waals surface area contributed by atoms with Crippen molar-refractivity contribution in [3.05, 3.63) is 6.33 Å². The second-order valence-corrected chi connectivity index (χ2v) is 8.07. The molecule has 0 aliphatic carbocycles. The van der Waals surface area contributed by atoms with Crippen LogP contribution in [-0.4, -0.2) is 106 Å². The zero-order chi connectivity index (χ0) is 20.2. The maximum Gasteiger partial charge on any atom is 0.224 e. The van der Waals surface area contributed by atoms with E-state index in [1.54, 1.807) is 0 Å². The molecular formula is C20H35N9. The summed E-state index contributed by atoms with van der Waals surface area (Å²) in [4.78, 5) is 23.6. The van der Waals surface area contributed by atoms with Gasteiger partial charge in [0.25, 0.3) is 0 Å². The zero-order valence-electron chi connectivity index (χ0n) is 17.9. The molecular weight excluding hydrogens is 366 g/mol. The monoisotopic (exact) mass is 401 g/mol. The number of nitrogen functional groups attached to an aromatic ring is 1. The minimum absolute atomic E-state index is 0.336. The van der Waals surface area contributed by atoms with Gasteiger partial charge in [-0.15, -0.1) is 0 Å². The highest BCUT2D eigenvalue weighted by molar-refractivity contribution is 5.84. The van der Waals surface area contributed by atoms with E-state index in [9.17, 15) is 0 Å². The van der Waals surface area contributed by atoms with Crippen LogP contribution in [-0.2, 0) is 6.54 Å². The van der Waals surface area contributed by atoms with Crippen LogP contribution in [0.25, 0.3) is 11.2 Å². The van der Waals surface area contributed by atoms with Crippen LogP contribution in [0.2, 0.25) is 0 Å². The lowest BCUT2D eigenvalue weighted by Gasteiger charge is -2.34. The second kappa shape index (κ2) is 9.23. The van der Waals surface area contributed by atoms with Gasteiger partial charge in [0, 0.05) is 58.9 Å². The van der Waals surface area contributed by atoms with Gasteiger partial charge in [-0.25, -0.2) is 4.98 Å². The summed E-state index contributed by atoms with van der Waals surface area (Å²) in [7, 11) is 0. The summed E-state index contributed by atoms with van der Waals surface area (Å²) in [5.74, 6) is 1.22. The first-order valence-electron chi connectivity index (χ1n) is 11.1. The van der Waals surface area contributed by atoms with Gasteiger partial charge in [0.1, 0.15) is 0 Å². The van der Waals surface area contributed by atoms with Crippen LogP contribution in [0.4, 0.5) is 11.8 Å².